The lowest BCUT2D eigenvalue weighted by Crippen LogP contribution is -2.38. The Labute approximate surface area is 109 Å². The smallest absolute Gasteiger partial charge is 0.216 e. The van der Waals surface area contributed by atoms with Crippen molar-refractivity contribution in [3.63, 3.8) is 0 Å². The van der Waals surface area contributed by atoms with Crippen LogP contribution in [0, 0.1) is 6.92 Å². The van der Waals surface area contributed by atoms with Gasteiger partial charge in [0.05, 0.1) is 24.4 Å². The van der Waals surface area contributed by atoms with E-state index in [1.54, 1.807) is 11.8 Å². The third kappa shape index (κ3) is 2.24. The maximum Gasteiger partial charge on any atom is 0.216 e. The van der Waals surface area contributed by atoms with Crippen molar-refractivity contribution >= 4 is 0 Å². The van der Waals surface area contributed by atoms with Gasteiger partial charge in [-0.25, -0.2) is 4.68 Å². The zero-order chi connectivity index (χ0) is 13.3. The van der Waals surface area contributed by atoms with Crippen LogP contribution in [0.4, 0.5) is 0 Å². The fourth-order valence-electron chi connectivity index (χ4n) is 3.04. The highest BCUT2D eigenvalue weighted by Gasteiger charge is 2.32. The molecule has 102 valence electrons. The lowest BCUT2D eigenvalue weighted by molar-refractivity contribution is 0.222. The van der Waals surface area contributed by atoms with E-state index >= 15 is 0 Å². The molecule has 1 aromatic heterocycles. The first-order valence-corrected chi connectivity index (χ1v) is 6.59. The van der Waals surface area contributed by atoms with Gasteiger partial charge in [-0.15, -0.1) is 0 Å². The quantitative estimate of drug-likeness (QED) is 0.860. The van der Waals surface area contributed by atoms with Crippen molar-refractivity contribution in [3.05, 3.63) is 11.3 Å². The number of likely N-dealkylation sites (N-methyl/N-ethyl adjacent to an activating group) is 1. The van der Waals surface area contributed by atoms with Crippen molar-refractivity contribution in [2.24, 2.45) is 12.8 Å². The molecule has 2 atom stereocenters. The summed E-state index contributed by atoms with van der Waals surface area (Å²) in [7, 11) is 5.75. The third-order valence-electron chi connectivity index (χ3n) is 3.88. The number of nitrogens with two attached hydrogens (primary N) is 1. The van der Waals surface area contributed by atoms with Gasteiger partial charge in [0.25, 0.3) is 0 Å². The molecule has 2 unspecified atom stereocenters. The Morgan fingerprint density at radius 3 is 2.72 bits per heavy atom. The highest BCUT2D eigenvalue weighted by atomic mass is 16.5. The summed E-state index contributed by atoms with van der Waals surface area (Å²) in [5, 5.41) is 4.47. The summed E-state index contributed by atoms with van der Waals surface area (Å²) in [4.78, 5) is 2.34. The predicted molar refractivity (Wildman–Crippen MR) is 71.7 cm³/mol. The summed E-state index contributed by atoms with van der Waals surface area (Å²) in [6.07, 6.45) is 3.47. The van der Waals surface area contributed by atoms with Crippen LogP contribution in [0.5, 0.6) is 5.88 Å². The highest BCUT2D eigenvalue weighted by molar-refractivity contribution is 5.35. The molecule has 2 heterocycles. The van der Waals surface area contributed by atoms with Gasteiger partial charge in [0.2, 0.25) is 5.88 Å². The molecular weight excluding hydrogens is 228 g/mol. The number of hydrogen-bond donors (Lipinski definition) is 1. The summed E-state index contributed by atoms with van der Waals surface area (Å²) in [6, 6.07) is 0.352. The molecule has 0 amide bonds. The van der Waals surface area contributed by atoms with Crippen LogP contribution in [-0.4, -0.2) is 41.4 Å². The van der Waals surface area contributed by atoms with Crippen LogP contribution in [-0.2, 0) is 7.05 Å². The molecule has 0 radical (unpaired) electrons. The molecule has 0 spiro atoms. The summed E-state index contributed by atoms with van der Waals surface area (Å²) < 4.78 is 7.31. The second kappa shape index (κ2) is 5.28. The SMILES string of the molecule is COc1c(C2C(N)CCCCN2C)c(C)nn1C. The summed E-state index contributed by atoms with van der Waals surface area (Å²) in [5.41, 5.74) is 8.54. The van der Waals surface area contributed by atoms with E-state index in [1.165, 1.54) is 12.8 Å². The molecule has 1 aliphatic rings. The Kier molecular flexibility index (Phi) is 3.92. The number of aryl methyl sites for hydroxylation is 2. The van der Waals surface area contributed by atoms with Gasteiger partial charge in [-0.05, 0) is 33.4 Å². The van der Waals surface area contributed by atoms with E-state index in [0.717, 1.165) is 30.1 Å². The van der Waals surface area contributed by atoms with Crippen molar-refractivity contribution in [2.75, 3.05) is 20.7 Å². The monoisotopic (exact) mass is 252 g/mol. The molecular formula is C13H24N4O. The van der Waals surface area contributed by atoms with Crippen LogP contribution in [0.15, 0.2) is 0 Å². The number of nitrogens with zero attached hydrogens (tertiary/aromatic N) is 3. The Hall–Kier alpha value is -1.07. The topological polar surface area (TPSA) is 56.3 Å². The van der Waals surface area contributed by atoms with Gasteiger partial charge in [-0.3, -0.25) is 4.90 Å². The van der Waals surface area contributed by atoms with E-state index < -0.39 is 0 Å². The first-order chi connectivity index (χ1) is 8.56. The van der Waals surface area contributed by atoms with Gasteiger partial charge in [0.15, 0.2) is 0 Å². The van der Waals surface area contributed by atoms with Crippen LogP contribution in [0.2, 0.25) is 0 Å². The van der Waals surface area contributed by atoms with Crippen molar-refractivity contribution in [1.82, 2.24) is 14.7 Å². The third-order valence-corrected chi connectivity index (χ3v) is 3.88. The zero-order valence-electron chi connectivity index (χ0n) is 11.8. The molecule has 18 heavy (non-hydrogen) atoms. The van der Waals surface area contributed by atoms with E-state index in [9.17, 15) is 0 Å². The van der Waals surface area contributed by atoms with Gasteiger partial charge in [0, 0.05) is 13.1 Å². The van der Waals surface area contributed by atoms with Crippen LogP contribution in [0.25, 0.3) is 0 Å². The maximum absolute atomic E-state index is 6.37. The largest absolute Gasteiger partial charge is 0.481 e. The van der Waals surface area contributed by atoms with Gasteiger partial charge in [-0.2, -0.15) is 5.10 Å². The molecule has 0 bridgehead atoms. The number of methoxy groups -OCH3 is 1. The second-order valence-electron chi connectivity index (χ2n) is 5.22. The molecule has 2 N–H and O–H groups in total. The van der Waals surface area contributed by atoms with Crippen LogP contribution in [0.1, 0.15) is 36.6 Å². The molecule has 0 saturated carbocycles. The fraction of sp³-hybridized carbons (Fsp3) is 0.769. The minimum atomic E-state index is 0.147. The van der Waals surface area contributed by atoms with Gasteiger partial charge in [0.1, 0.15) is 0 Å². The minimum absolute atomic E-state index is 0.147. The number of rotatable bonds is 2. The van der Waals surface area contributed by atoms with E-state index in [4.69, 9.17) is 10.5 Å². The lowest BCUT2D eigenvalue weighted by atomic mass is 9.97. The average molecular weight is 252 g/mol. The van der Waals surface area contributed by atoms with Crippen LogP contribution in [0.3, 0.4) is 0 Å². The Morgan fingerprint density at radius 2 is 2.06 bits per heavy atom. The lowest BCUT2D eigenvalue weighted by Gasteiger charge is -2.30. The van der Waals surface area contributed by atoms with E-state index in [0.29, 0.717) is 0 Å². The zero-order valence-corrected chi connectivity index (χ0v) is 11.8. The molecule has 2 rings (SSSR count). The number of likely N-dealkylation sites (tertiary alicyclic amines) is 1. The number of hydrogen-bond acceptors (Lipinski definition) is 4. The van der Waals surface area contributed by atoms with Crippen LogP contribution >= 0.6 is 0 Å². The molecule has 5 heteroatoms. The first kappa shape index (κ1) is 13.4. The average Bonchev–Trinajstić information content (AvgIpc) is 2.48. The molecule has 0 aliphatic carbocycles. The van der Waals surface area contributed by atoms with Crippen molar-refractivity contribution in [1.29, 1.82) is 0 Å². The summed E-state index contributed by atoms with van der Waals surface area (Å²) >= 11 is 0. The maximum atomic E-state index is 6.37. The van der Waals surface area contributed by atoms with E-state index in [-0.39, 0.29) is 12.1 Å². The minimum Gasteiger partial charge on any atom is -0.481 e. The summed E-state index contributed by atoms with van der Waals surface area (Å²) in [5.74, 6) is 0.835. The highest BCUT2D eigenvalue weighted by Crippen LogP contribution is 2.35. The van der Waals surface area contributed by atoms with Crippen molar-refractivity contribution in [2.45, 2.75) is 38.3 Å². The fourth-order valence-corrected chi connectivity index (χ4v) is 3.04. The van der Waals surface area contributed by atoms with E-state index in [2.05, 4.69) is 17.0 Å². The molecule has 1 aliphatic heterocycles. The van der Waals surface area contributed by atoms with Crippen molar-refractivity contribution in [3.8, 4) is 5.88 Å². The van der Waals surface area contributed by atoms with Gasteiger partial charge in [-0.1, -0.05) is 6.42 Å². The molecule has 1 saturated heterocycles. The van der Waals surface area contributed by atoms with Gasteiger partial charge >= 0.3 is 0 Å². The predicted octanol–water partition coefficient (Wildman–Crippen LogP) is 1.22. The number of ether oxygens (including phenoxy) is 1. The molecule has 1 aromatic rings. The number of aromatic nitrogens is 2. The molecule has 0 aromatic carbocycles. The van der Waals surface area contributed by atoms with E-state index in [1.807, 2.05) is 14.0 Å². The standard InChI is InChI=1S/C13H24N4O/c1-9-11(13(18-4)17(3)15-9)12-10(14)7-5-6-8-16(12)2/h10,12H,5-8,14H2,1-4H3. The molecule has 1 fully saturated rings. The Balaban J connectivity index is 2.44. The first-order valence-electron chi connectivity index (χ1n) is 6.59. The van der Waals surface area contributed by atoms with Gasteiger partial charge < -0.3 is 10.5 Å². The Bertz CT molecular complexity index is 403. The van der Waals surface area contributed by atoms with Crippen LogP contribution < -0.4 is 10.5 Å². The second-order valence-corrected chi connectivity index (χ2v) is 5.22. The normalized spacial score (nSPS) is 26.1. The molecule has 5 nitrogen and oxygen atoms in total. The summed E-state index contributed by atoms with van der Waals surface area (Å²) in [6.45, 7) is 3.11. The van der Waals surface area contributed by atoms with Crippen molar-refractivity contribution < 1.29 is 4.74 Å². The Morgan fingerprint density at radius 1 is 1.33 bits per heavy atom.